The molecule has 3 nitrogen and oxygen atoms in total. The van der Waals surface area contributed by atoms with Gasteiger partial charge < -0.3 is 13.8 Å². The van der Waals surface area contributed by atoms with E-state index in [4.69, 9.17) is 0 Å². The van der Waals surface area contributed by atoms with E-state index in [0.717, 1.165) is 0 Å². The SMILES string of the molecule is Cc1ccccc1N1B2c3c(cc(C(C)(C)C)cc3-n3c4ccccc4c4cccc2c43)-c2cc3c4cccc5c6ccccc6n(c3cc21)c54. The van der Waals surface area contributed by atoms with Gasteiger partial charge in [0.2, 0.25) is 0 Å². The number of para-hydroxylation sites is 5. The Labute approximate surface area is 296 Å². The van der Waals surface area contributed by atoms with Crippen LogP contribution in [0.25, 0.3) is 76.7 Å². The van der Waals surface area contributed by atoms with Gasteiger partial charge in [-0.1, -0.05) is 118 Å². The summed E-state index contributed by atoms with van der Waals surface area (Å²) >= 11 is 0. The van der Waals surface area contributed by atoms with Gasteiger partial charge in [0.1, 0.15) is 0 Å². The molecule has 4 heteroatoms. The predicted molar refractivity (Wildman–Crippen MR) is 218 cm³/mol. The molecule has 0 fully saturated rings. The minimum Gasteiger partial charge on any atom is -0.376 e. The maximum absolute atomic E-state index is 2.68. The lowest BCUT2D eigenvalue weighted by atomic mass is 9.43. The molecular weight excluding hydrogens is 617 g/mol. The van der Waals surface area contributed by atoms with Crippen LogP contribution in [0.5, 0.6) is 0 Å². The third-order valence-corrected chi connectivity index (χ3v) is 12.1. The number of rotatable bonds is 1. The van der Waals surface area contributed by atoms with Crippen molar-refractivity contribution in [3.8, 4) is 16.8 Å². The third kappa shape index (κ3) is 3.32. The number of aromatic nitrogens is 2. The Morgan fingerprint density at radius 3 is 1.92 bits per heavy atom. The zero-order valence-electron chi connectivity index (χ0n) is 29.1. The van der Waals surface area contributed by atoms with Gasteiger partial charge in [-0.05, 0) is 76.4 Å². The predicted octanol–water partition coefficient (Wildman–Crippen LogP) is 10.8. The normalized spacial score (nSPS) is 13.8. The zero-order chi connectivity index (χ0) is 33.9. The molecule has 5 heterocycles. The van der Waals surface area contributed by atoms with Gasteiger partial charge in [-0.2, -0.15) is 0 Å². The minimum absolute atomic E-state index is 0.00128. The second-order valence-corrected chi connectivity index (χ2v) is 15.8. The molecule has 0 N–H and O–H groups in total. The third-order valence-electron chi connectivity index (χ3n) is 12.1. The summed E-state index contributed by atoms with van der Waals surface area (Å²) in [5, 5.41) is 7.88. The van der Waals surface area contributed by atoms with Crippen molar-refractivity contribution < 1.29 is 0 Å². The van der Waals surface area contributed by atoms with Crippen LogP contribution in [0.1, 0.15) is 31.9 Å². The number of hydrogen-bond donors (Lipinski definition) is 0. The molecule has 0 aliphatic carbocycles. The number of nitrogens with zero attached hydrogens (tertiary/aromatic N) is 3. The highest BCUT2D eigenvalue weighted by Gasteiger charge is 2.45. The fourth-order valence-electron chi connectivity index (χ4n) is 9.83. The Hall–Kier alpha value is -6.00. The Kier molecular flexibility index (Phi) is 5.02. The van der Waals surface area contributed by atoms with Crippen LogP contribution in [-0.2, 0) is 5.41 Å². The molecule has 7 aromatic carbocycles. The molecule has 3 aromatic heterocycles. The summed E-state index contributed by atoms with van der Waals surface area (Å²) in [6, 6.07) is 50.7. The molecule has 0 saturated carbocycles. The average molecular weight is 652 g/mol. The van der Waals surface area contributed by atoms with E-state index in [2.05, 4.69) is 175 Å². The molecule has 0 atom stereocenters. The van der Waals surface area contributed by atoms with Crippen LogP contribution in [0, 0.1) is 6.92 Å². The van der Waals surface area contributed by atoms with Gasteiger partial charge in [0.15, 0.2) is 0 Å². The highest BCUT2D eigenvalue weighted by molar-refractivity contribution is 6.93. The van der Waals surface area contributed by atoms with Crippen LogP contribution in [0.4, 0.5) is 11.4 Å². The van der Waals surface area contributed by atoms with Crippen molar-refractivity contribution in [2.24, 2.45) is 0 Å². The van der Waals surface area contributed by atoms with E-state index in [0.29, 0.717) is 0 Å². The molecule has 0 bridgehead atoms. The Balaban J connectivity index is 1.31. The topological polar surface area (TPSA) is 12.6 Å². The van der Waals surface area contributed by atoms with Gasteiger partial charge in [0.05, 0.1) is 27.6 Å². The van der Waals surface area contributed by atoms with Crippen LogP contribution in [0.15, 0.2) is 133 Å². The molecule has 2 aliphatic rings. The molecule has 0 unspecified atom stereocenters. The van der Waals surface area contributed by atoms with Crippen LogP contribution in [0.3, 0.4) is 0 Å². The Morgan fingerprint density at radius 2 is 1.14 bits per heavy atom. The number of anilines is 2. The van der Waals surface area contributed by atoms with Gasteiger partial charge in [0, 0.05) is 54.9 Å². The second-order valence-electron chi connectivity index (χ2n) is 15.8. The Bertz CT molecular complexity index is 3150. The quantitative estimate of drug-likeness (QED) is 0.161. The number of aryl methyl sites for hydroxylation is 1. The van der Waals surface area contributed by atoms with Crippen molar-refractivity contribution in [1.29, 1.82) is 0 Å². The van der Waals surface area contributed by atoms with Crippen LogP contribution in [-0.4, -0.2) is 15.8 Å². The van der Waals surface area contributed by atoms with Gasteiger partial charge in [-0.3, -0.25) is 0 Å². The standard InChI is InChI=1S/C47H34BN3/c1-27-13-5-8-20-38(27)51-42-26-41-34(33-17-11-16-31-29-14-6-9-21-39(29)49(41)45(31)33)25-35(42)36-23-28(47(2,3)4)24-43-44(36)48(51)37-19-12-18-32-30-15-7-10-22-40(30)50(43)46(32)37/h5-26H,1-4H3. The van der Waals surface area contributed by atoms with Crippen LogP contribution < -0.4 is 15.7 Å². The second kappa shape index (κ2) is 9.21. The minimum atomic E-state index is -0.0348. The molecule has 0 saturated heterocycles. The summed E-state index contributed by atoms with van der Waals surface area (Å²) in [6.45, 7) is 9.32. The maximum atomic E-state index is 2.68. The summed E-state index contributed by atoms with van der Waals surface area (Å²) < 4.78 is 5.11. The van der Waals surface area contributed by atoms with Crippen molar-refractivity contribution in [2.45, 2.75) is 33.1 Å². The highest BCUT2D eigenvalue weighted by atomic mass is 15.1. The van der Waals surface area contributed by atoms with E-state index < -0.39 is 0 Å². The monoisotopic (exact) mass is 651 g/mol. The molecule has 0 radical (unpaired) electrons. The van der Waals surface area contributed by atoms with E-state index >= 15 is 0 Å². The number of benzene rings is 7. The zero-order valence-corrected chi connectivity index (χ0v) is 29.1. The summed E-state index contributed by atoms with van der Waals surface area (Å²) in [6.07, 6.45) is 0. The highest BCUT2D eigenvalue weighted by Crippen LogP contribution is 2.49. The first-order valence-electron chi connectivity index (χ1n) is 18.2. The molecular formula is C47H34BN3. The molecule has 12 rings (SSSR count). The summed E-state index contributed by atoms with van der Waals surface area (Å²) in [5.41, 5.74) is 18.2. The van der Waals surface area contributed by atoms with Gasteiger partial charge in [0.25, 0.3) is 0 Å². The van der Waals surface area contributed by atoms with Gasteiger partial charge >= 0.3 is 6.85 Å². The van der Waals surface area contributed by atoms with Crippen LogP contribution >= 0.6 is 0 Å². The summed E-state index contributed by atoms with van der Waals surface area (Å²) in [4.78, 5) is 2.68. The van der Waals surface area contributed by atoms with Crippen molar-refractivity contribution in [2.75, 3.05) is 4.81 Å². The van der Waals surface area contributed by atoms with Crippen LogP contribution in [0.2, 0.25) is 0 Å². The lowest BCUT2D eigenvalue weighted by molar-refractivity contribution is 0.590. The molecule has 0 spiro atoms. The molecule has 51 heavy (non-hydrogen) atoms. The largest absolute Gasteiger partial charge is 0.376 e. The van der Waals surface area contributed by atoms with Crippen molar-refractivity contribution in [3.05, 3.63) is 145 Å². The van der Waals surface area contributed by atoms with Gasteiger partial charge in [-0.15, -0.1) is 0 Å². The van der Waals surface area contributed by atoms with E-state index in [-0.39, 0.29) is 12.3 Å². The summed E-state index contributed by atoms with van der Waals surface area (Å²) in [5.74, 6) is 0. The van der Waals surface area contributed by atoms with E-state index in [1.807, 2.05) is 0 Å². The smallest absolute Gasteiger partial charge is 0.333 e. The molecule has 2 aliphatic heterocycles. The average Bonchev–Trinajstić information content (AvgIpc) is 3.78. The first kappa shape index (κ1) is 27.8. The van der Waals surface area contributed by atoms with Crippen molar-refractivity contribution in [3.63, 3.8) is 0 Å². The first-order chi connectivity index (χ1) is 24.9. The Morgan fingerprint density at radius 1 is 0.490 bits per heavy atom. The van der Waals surface area contributed by atoms with Crippen molar-refractivity contribution in [1.82, 2.24) is 8.97 Å². The fourth-order valence-corrected chi connectivity index (χ4v) is 9.83. The molecule has 240 valence electrons. The lowest BCUT2D eigenvalue weighted by Gasteiger charge is -2.43. The van der Waals surface area contributed by atoms with E-state index in [1.165, 1.54) is 110 Å². The van der Waals surface area contributed by atoms with Gasteiger partial charge in [-0.25, -0.2) is 0 Å². The lowest BCUT2D eigenvalue weighted by Crippen LogP contribution is -2.60. The molecule has 10 aromatic rings. The number of hydrogen-bond acceptors (Lipinski definition) is 1. The first-order valence-corrected chi connectivity index (χ1v) is 18.2. The van der Waals surface area contributed by atoms with Crippen molar-refractivity contribution >= 4 is 89.0 Å². The summed E-state index contributed by atoms with van der Waals surface area (Å²) in [7, 11) is 0. The van der Waals surface area contributed by atoms with E-state index in [1.54, 1.807) is 0 Å². The fraction of sp³-hybridized carbons (Fsp3) is 0.106. The maximum Gasteiger partial charge on any atom is 0.333 e. The molecule has 0 amide bonds. The van der Waals surface area contributed by atoms with E-state index in [9.17, 15) is 0 Å². The number of fused-ring (bicyclic) bond motifs is 13.